The van der Waals surface area contributed by atoms with E-state index in [0.29, 0.717) is 17.6 Å². The van der Waals surface area contributed by atoms with Gasteiger partial charge in [-0.05, 0) is 45.3 Å². The van der Waals surface area contributed by atoms with Crippen LogP contribution in [-0.4, -0.2) is 49.8 Å². The van der Waals surface area contributed by atoms with E-state index >= 15 is 0 Å². The van der Waals surface area contributed by atoms with Crippen LogP contribution in [0.25, 0.3) is 0 Å². The van der Waals surface area contributed by atoms with E-state index in [-0.39, 0.29) is 0 Å². The van der Waals surface area contributed by atoms with Crippen LogP contribution < -0.4 is 5.32 Å². The van der Waals surface area contributed by atoms with E-state index in [9.17, 15) is 0 Å². The highest BCUT2D eigenvalue weighted by Crippen LogP contribution is 2.35. The fourth-order valence-electron chi connectivity index (χ4n) is 3.82. The Kier molecular flexibility index (Phi) is 4.63. The standard InChI is InChI=1S/C18H28N2O/c1-15-13-21-16(2)12-20(15)14-18(8-10-19-11-9-18)17-6-4-3-5-7-17/h3-7,15-16,19H,8-14H2,1-2H3. The third kappa shape index (κ3) is 3.31. The second-order valence-corrected chi connectivity index (χ2v) is 6.82. The molecule has 3 heteroatoms. The Bertz CT molecular complexity index is 442. The molecule has 1 aromatic rings. The zero-order valence-corrected chi connectivity index (χ0v) is 13.3. The molecule has 0 spiro atoms. The molecule has 2 heterocycles. The van der Waals surface area contributed by atoms with E-state index in [4.69, 9.17) is 4.74 Å². The predicted octanol–water partition coefficient (Wildman–Crippen LogP) is 2.42. The van der Waals surface area contributed by atoms with Gasteiger partial charge in [-0.1, -0.05) is 30.3 Å². The summed E-state index contributed by atoms with van der Waals surface area (Å²) in [4.78, 5) is 2.65. The summed E-state index contributed by atoms with van der Waals surface area (Å²) in [5, 5.41) is 3.52. The molecule has 0 aromatic heterocycles. The molecule has 0 saturated carbocycles. The minimum atomic E-state index is 0.303. The molecule has 3 nitrogen and oxygen atoms in total. The maximum absolute atomic E-state index is 5.79. The highest BCUT2D eigenvalue weighted by atomic mass is 16.5. The van der Waals surface area contributed by atoms with Gasteiger partial charge >= 0.3 is 0 Å². The lowest BCUT2D eigenvalue weighted by Gasteiger charge is -2.46. The van der Waals surface area contributed by atoms with Gasteiger partial charge < -0.3 is 10.1 Å². The monoisotopic (exact) mass is 288 g/mol. The highest BCUT2D eigenvalue weighted by molar-refractivity contribution is 5.27. The second-order valence-electron chi connectivity index (χ2n) is 6.82. The lowest BCUT2D eigenvalue weighted by Crippen LogP contribution is -2.54. The van der Waals surface area contributed by atoms with E-state index in [1.54, 1.807) is 0 Å². The molecule has 2 saturated heterocycles. The van der Waals surface area contributed by atoms with Crippen molar-refractivity contribution in [3.8, 4) is 0 Å². The molecule has 116 valence electrons. The van der Waals surface area contributed by atoms with E-state index in [1.807, 2.05) is 0 Å². The van der Waals surface area contributed by atoms with Crippen molar-refractivity contribution in [3.05, 3.63) is 35.9 Å². The van der Waals surface area contributed by atoms with Gasteiger partial charge in [0.2, 0.25) is 0 Å². The van der Waals surface area contributed by atoms with Gasteiger partial charge in [0.05, 0.1) is 12.7 Å². The molecule has 2 aliphatic heterocycles. The van der Waals surface area contributed by atoms with Crippen molar-refractivity contribution in [3.63, 3.8) is 0 Å². The predicted molar refractivity (Wildman–Crippen MR) is 86.7 cm³/mol. The van der Waals surface area contributed by atoms with Crippen LogP contribution in [0, 0.1) is 0 Å². The summed E-state index contributed by atoms with van der Waals surface area (Å²) in [5.74, 6) is 0. The molecule has 0 amide bonds. The zero-order chi connectivity index (χ0) is 14.7. The Balaban J connectivity index is 1.82. The fraction of sp³-hybridized carbons (Fsp3) is 0.667. The van der Waals surface area contributed by atoms with Gasteiger partial charge in [-0.2, -0.15) is 0 Å². The lowest BCUT2D eigenvalue weighted by molar-refractivity contribution is -0.0584. The SMILES string of the molecule is CC1CN(CC2(c3ccccc3)CCNCC2)C(C)CO1. The molecule has 1 aromatic carbocycles. The van der Waals surface area contributed by atoms with Crippen molar-refractivity contribution < 1.29 is 4.74 Å². The Hall–Kier alpha value is -0.900. The van der Waals surface area contributed by atoms with Crippen molar-refractivity contribution in [1.82, 2.24) is 10.2 Å². The minimum absolute atomic E-state index is 0.303. The van der Waals surface area contributed by atoms with Crippen LogP contribution in [0.15, 0.2) is 30.3 Å². The molecule has 0 bridgehead atoms. The summed E-state index contributed by atoms with van der Waals surface area (Å²) in [6.45, 7) is 9.83. The Morgan fingerprint density at radius 1 is 1.19 bits per heavy atom. The molecule has 2 aliphatic rings. The number of benzene rings is 1. The number of hydrogen-bond donors (Lipinski definition) is 1. The maximum Gasteiger partial charge on any atom is 0.0674 e. The largest absolute Gasteiger partial charge is 0.376 e. The van der Waals surface area contributed by atoms with E-state index < -0.39 is 0 Å². The van der Waals surface area contributed by atoms with Gasteiger partial charge in [-0.15, -0.1) is 0 Å². The van der Waals surface area contributed by atoms with Crippen LogP contribution in [0.5, 0.6) is 0 Å². The van der Waals surface area contributed by atoms with Crippen molar-refractivity contribution in [2.24, 2.45) is 0 Å². The molecule has 2 unspecified atom stereocenters. The zero-order valence-electron chi connectivity index (χ0n) is 13.3. The van der Waals surface area contributed by atoms with Crippen molar-refractivity contribution in [2.45, 2.75) is 44.2 Å². The highest BCUT2D eigenvalue weighted by Gasteiger charge is 2.37. The van der Waals surface area contributed by atoms with Gasteiger partial charge in [0.25, 0.3) is 0 Å². The van der Waals surface area contributed by atoms with Gasteiger partial charge in [-0.25, -0.2) is 0 Å². The van der Waals surface area contributed by atoms with Crippen molar-refractivity contribution in [2.75, 3.05) is 32.8 Å². The summed E-state index contributed by atoms with van der Waals surface area (Å²) >= 11 is 0. The third-order valence-electron chi connectivity index (χ3n) is 5.19. The first kappa shape index (κ1) is 15.0. The Morgan fingerprint density at radius 3 is 2.62 bits per heavy atom. The maximum atomic E-state index is 5.79. The number of piperidine rings is 1. The van der Waals surface area contributed by atoms with Crippen LogP contribution in [0.4, 0.5) is 0 Å². The molecular weight excluding hydrogens is 260 g/mol. The van der Waals surface area contributed by atoms with Gasteiger partial charge in [-0.3, -0.25) is 4.90 Å². The average molecular weight is 288 g/mol. The number of hydrogen-bond acceptors (Lipinski definition) is 3. The molecule has 0 radical (unpaired) electrons. The van der Waals surface area contributed by atoms with Crippen LogP contribution in [-0.2, 0) is 10.2 Å². The smallest absolute Gasteiger partial charge is 0.0674 e. The molecule has 21 heavy (non-hydrogen) atoms. The van der Waals surface area contributed by atoms with Crippen molar-refractivity contribution in [1.29, 1.82) is 0 Å². The second kappa shape index (κ2) is 6.47. The summed E-state index contributed by atoms with van der Waals surface area (Å²) in [7, 11) is 0. The minimum Gasteiger partial charge on any atom is -0.376 e. The van der Waals surface area contributed by atoms with Crippen LogP contribution in [0.2, 0.25) is 0 Å². The molecular formula is C18H28N2O. The van der Waals surface area contributed by atoms with Crippen LogP contribution >= 0.6 is 0 Å². The Morgan fingerprint density at radius 2 is 1.90 bits per heavy atom. The Labute approximate surface area is 128 Å². The van der Waals surface area contributed by atoms with Gasteiger partial charge in [0.15, 0.2) is 0 Å². The van der Waals surface area contributed by atoms with E-state index in [1.165, 1.54) is 18.4 Å². The van der Waals surface area contributed by atoms with Crippen molar-refractivity contribution >= 4 is 0 Å². The summed E-state index contributed by atoms with van der Waals surface area (Å²) in [5.41, 5.74) is 1.82. The number of nitrogens with one attached hydrogen (secondary N) is 1. The van der Waals surface area contributed by atoms with E-state index in [0.717, 1.165) is 32.8 Å². The number of morpholine rings is 1. The lowest BCUT2D eigenvalue weighted by atomic mass is 9.72. The number of rotatable bonds is 3. The third-order valence-corrected chi connectivity index (χ3v) is 5.19. The summed E-state index contributed by atoms with van der Waals surface area (Å²) < 4.78 is 5.79. The fourth-order valence-corrected chi connectivity index (χ4v) is 3.82. The number of nitrogens with zero attached hydrogens (tertiary/aromatic N) is 1. The first-order valence-corrected chi connectivity index (χ1v) is 8.31. The summed E-state index contributed by atoms with van der Waals surface area (Å²) in [6.07, 6.45) is 2.82. The number of ether oxygens (including phenoxy) is 1. The van der Waals surface area contributed by atoms with Gasteiger partial charge in [0.1, 0.15) is 0 Å². The van der Waals surface area contributed by atoms with E-state index in [2.05, 4.69) is 54.4 Å². The molecule has 3 rings (SSSR count). The molecule has 0 aliphatic carbocycles. The van der Waals surface area contributed by atoms with Gasteiger partial charge in [0, 0.05) is 24.5 Å². The first-order chi connectivity index (χ1) is 10.2. The molecule has 1 N–H and O–H groups in total. The first-order valence-electron chi connectivity index (χ1n) is 8.31. The van der Waals surface area contributed by atoms with Crippen LogP contribution in [0.1, 0.15) is 32.3 Å². The quantitative estimate of drug-likeness (QED) is 0.924. The molecule has 2 atom stereocenters. The summed E-state index contributed by atoms with van der Waals surface area (Å²) in [6, 6.07) is 11.7. The normalized spacial score (nSPS) is 30.2. The topological polar surface area (TPSA) is 24.5 Å². The van der Waals surface area contributed by atoms with Crippen LogP contribution in [0.3, 0.4) is 0 Å². The average Bonchev–Trinajstić information content (AvgIpc) is 2.53. The molecule has 2 fully saturated rings.